The highest BCUT2D eigenvalue weighted by Gasteiger charge is 2.56. The zero-order chi connectivity index (χ0) is 51.7. The number of nitrogens with zero attached hydrogens (tertiary/aromatic N) is 5. The van der Waals surface area contributed by atoms with Crippen molar-refractivity contribution in [3.8, 4) is 27.9 Å². The van der Waals surface area contributed by atoms with E-state index < -0.39 is 5.41 Å². The third-order valence-electron chi connectivity index (χ3n) is 17.9. The number of para-hydroxylation sites is 7. The Morgan fingerprint density at radius 3 is 1.58 bits per heavy atom. The van der Waals surface area contributed by atoms with Crippen molar-refractivity contribution in [1.82, 2.24) is 4.57 Å². The molecule has 0 aliphatic carbocycles. The van der Waals surface area contributed by atoms with Crippen molar-refractivity contribution in [2.75, 3.05) is 19.4 Å². The molecular formula is C71H51B2N5. The SMILES string of the molecule is Cc1ccc2c(c1)N(c1ccccc1)c1cc3c(c4c1B2N1B2c5ccc(C)cc5N(c5ccccc5)c5c2c(cc2c5c5ccccc5n2-c2ccccc2)-c2cccc-4c21)C(C)(C)c1ccccc1N3c1ccccc1. The van der Waals surface area contributed by atoms with Crippen molar-refractivity contribution in [3.05, 3.63) is 259 Å². The average molecular weight is 996 g/mol. The zero-order valence-electron chi connectivity index (χ0n) is 43.9. The molecule has 78 heavy (non-hydrogen) atoms. The van der Waals surface area contributed by atoms with Crippen LogP contribution in [0.3, 0.4) is 0 Å². The van der Waals surface area contributed by atoms with E-state index in [-0.39, 0.29) is 13.7 Å². The van der Waals surface area contributed by atoms with Gasteiger partial charge in [-0.2, -0.15) is 0 Å². The van der Waals surface area contributed by atoms with Crippen molar-refractivity contribution >= 4 is 114 Å². The molecule has 11 aromatic carbocycles. The Balaban J connectivity index is 1.08. The Morgan fingerprint density at radius 2 is 0.910 bits per heavy atom. The maximum absolute atomic E-state index is 2.91. The minimum Gasteiger partial charge on any atom is -0.444 e. The van der Waals surface area contributed by atoms with Gasteiger partial charge in [-0.3, -0.25) is 0 Å². The second-order valence-electron chi connectivity index (χ2n) is 22.5. The first-order valence-electron chi connectivity index (χ1n) is 27.5. The Labute approximate surface area is 455 Å². The lowest BCUT2D eigenvalue weighted by molar-refractivity contribution is 0.634. The van der Waals surface area contributed by atoms with Gasteiger partial charge in [0.1, 0.15) is 0 Å². The summed E-state index contributed by atoms with van der Waals surface area (Å²) in [6, 6.07) is 89.4. The van der Waals surface area contributed by atoms with Gasteiger partial charge in [-0.25, -0.2) is 0 Å². The van der Waals surface area contributed by atoms with Gasteiger partial charge < -0.3 is 24.0 Å². The Bertz CT molecular complexity index is 4530. The highest BCUT2D eigenvalue weighted by Crippen LogP contribution is 2.61. The minimum atomic E-state index is -0.393. The quantitative estimate of drug-likeness (QED) is 0.163. The fraction of sp³-hybridized carbons (Fsp3) is 0.0704. The third kappa shape index (κ3) is 5.67. The smallest absolute Gasteiger partial charge is 0.316 e. The molecule has 0 saturated carbocycles. The van der Waals surface area contributed by atoms with E-state index in [0.29, 0.717) is 0 Å². The van der Waals surface area contributed by atoms with Gasteiger partial charge in [0.25, 0.3) is 0 Å². The number of aryl methyl sites for hydroxylation is 2. The van der Waals surface area contributed by atoms with Crippen LogP contribution in [0.4, 0.5) is 56.9 Å². The summed E-state index contributed by atoms with van der Waals surface area (Å²) >= 11 is 0. The number of rotatable bonds is 4. The Kier molecular flexibility index (Phi) is 8.87. The molecular weight excluding hydrogens is 944 g/mol. The Hall–Kier alpha value is -9.45. The number of hydrogen-bond acceptors (Lipinski definition) is 4. The molecule has 0 saturated heterocycles. The predicted molar refractivity (Wildman–Crippen MR) is 330 cm³/mol. The number of fused-ring (bicyclic) bond motifs is 15. The van der Waals surface area contributed by atoms with E-state index in [1.165, 1.54) is 128 Å². The Morgan fingerprint density at radius 1 is 0.372 bits per heavy atom. The maximum atomic E-state index is 2.91. The van der Waals surface area contributed by atoms with Gasteiger partial charge in [0.2, 0.25) is 0 Å². The molecule has 0 N–H and O–H groups in total. The summed E-state index contributed by atoms with van der Waals surface area (Å²) in [7, 11) is 0. The molecule has 17 rings (SSSR count). The number of aromatic nitrogens is 1. The fourth-order valence-electron chi connectivity index (χ4n) is 14.9. The fourth-order valence-corrected chi connectivity index (χ4v) is 14.9. The van der Waals surface area contributed by atoms with Crippen LogP contribution in [0.5, 0.6) is 0 Å². The highest BCUT2D eigenvalue weighted by molar-refractivity contribution is 7.09. The summed E-state index contributed by atoms with van der Waals surface area (Å²) in [5.41, 5.74) is 30.8. The number of anilines is 10. The first-order chi connectivity index (χ1) is 38.3. The van der Waals surface area contributed by atoms with E-state index in [9.17, 15) is 0 Å². The summed E-state index contributed by atoms with van der Waals surface area (Å²) < 4.78 is 5.42. The summed E-state index contributed by atoms with van der Waals surface area (Å²) in [5.74, 6) is 0. The molecule has 0 amide bonds. The number of benzene rings is 11. The van der Waals surface area contributed by atoms with E-state index in [1.54, 1.807) is 0 Å². The molecule has 0 fully saturated rings. The van der Waals surface area contributed by atoms with Gasteiger partial charge in [0, 0.05) is 72.8 Å². The monoisotopic (exact) mass is 995 g/mol. The predicted octanol–water partition coefficient (Wildman–Crippen LogP) is 15.5. The van der Waals surface area contributed by atoms with Crippen molar-refractivity contribution in [3.63, 3.8) is 0 Å². The zero-order valence-corrected chi connectivity index (χ0v) is 43.9. The van der Waals surface area contributed by atoms with Crippen LogP contribution >= 0.6 is 0 Å². The van der Waals surface area contributed by atoms with Crippen LogP contribution in [0.1, 0.15) is 36.1 Å². The third-order valence-corrected chi connectivity index (χ3v) is 17.9. The van der Waals surface area contributed by atoms with Crippen LogP contribution in [0.15, 0.2) is 237 Å². The topological polar surface area (TPSA) is 17.9 Å². The second-order valence-corrected chi connectivity index (χ2v) is 22.5. The lowest BCUT2D eigenvalue weighted by Gasteiger charge is -2.55. The van der Waals surface area contributed by atoms with Crippen LogP contribution in [0.25, 0.3) is 49.7 Å². The van der Waals surface area contributed by atoms with Crippen molar-refractivity contribution in [1.29, 1.82) is 0 Å². The summed E-state index contributed by atoms with van der Waals surface area (Å²) in [6.07, 6.45) is 0. The van der Waals surface area contributed by atoms with E-state index in [1.807, 2.05) is 0 Å². The summed E-state index contributed by atoms with van der Waals surface area (Å²) in [5, 5.41) is 2.50. The molecule has 1 aromatic heterocycles. The maximum Gasteiger partial charge on any atom is 0.316 e. The molecule has 0 unspecified atom stereocenters. The van der Waals surface area contributed by atoms with E-state index in [2.05, 4.69) is 288 Å². The van der Waals surface area contributed by atoms with Gasteiger partial charge in [0.05, 0.1) is 28.1 Å². The minimum absolute atomic E-state index is 0.170. The van der Waals surface area contributed by atoms with E-state index in [0.717, 1.165) is 22.7 Å². The molecule has 5 aliphatic rings. The standard InChI is InChI=1S/C71H51B2N5/c1-44-36-38-55-59(40-44)76(48-26-13-7-14-27-48)63-43-62-66(71(3,4)54-33-18-20-35-58(54)75(62)47-24-11-6-12-25-47)65-52-32-21-31-50-53-42-61-64(51-30-17-19-34-57(51)74(61)46-22-9-5-10-23-46)70-67(53)72(78(69(50)52)73(55)68(63)65)56-39-37-45(2)41-60(56)77(70)49-28-15-8-16-29-49/h5-43H,1-4H3. The van der Waals surface area contributed by atoms with Crippen LogP contribution in [-0.2, 0) is 5.41 Å². The first-order valence-corrected chi connectivity index (χ1v) is 27.5. The van der Waals surface area contributed by atoms with E-state index >= 15 is 0 Å². The molecule has 12 aromatic rings. The van der Waals surface area contributed by atoms with Gasteiger partial charge in [0.15, 0.2) is 0 Å². The normalized spacial score (nSPS) is 14.6. The molecule has 0 spiro atoms. The van der Waals surface area contributed by atoms with Crippen LogP contribution in [0.2, 0.25) is 0 Å². The largest absolute Gasteiger partial charge is 0.444 e. The lowest BCUT2D eigenvalue weighted by Crippen LogP contribution is -2.74. The number of hydrogen-bond donors (Lipinski definition) is 0. The molecule has 5 aliphatic heterocycles. The van der Waals surface area contributed by atoms with E-state index in [4.69, 9.17) is 0 Å². The average Bonchev–Trinajstić information content (AvgIpc) is 3.98. The summed E-state index contributed by atoms with van der Waals surface area (Å²) in [6.45, 7) is 9.11. The van der Waals surface area contributed by atoms with Crippen molar-refractivity contribution < 1.29 is 0 Å². The first kappa shape index (κ1) is 43.8. The van der Waals surface area contributed by atoms with Crippen molar-refractivity contribution in [2.24, 2.45) is 0 Å². The van der Waals surface area contributed by atoms with Crippen LogP contribution in [-0.4, -0.2) is 18.3 Å². The molecule has 7 heteroatoms. The molecule has 366 valence electrons. The molecule has 0 radical (unpaired) electrons. The van der Waals surface area contributed by atoms with Gasteiger partial charge >= 0.3 is 13.7 Å². The van der Waals surface area contributed by atoms with Gasteiger partial charge in [-0.1, -0.05) is 166 Å². The molecule has 5 nitrogen and oxygen atoms in total. The van der Waals surface area contributed by atoms with Crippen LogP contribution in [0, 0.1) is 13.8 Å². The lowest BCUT2D eigenvalue weighted by atomic mass is 9.31. The van der Waals surface area contributed by atoms with Gasteiger partial charge in [-0.15, -0.1) is 0 Å². The molecule has 0 bridgehead atoms. The van der Waals surface area contributed by atoms with Crippen molar-refractivity contribution in [2.45, 2.75) is 33.1 Å². The second kappa shape index (κ2) is 15.8. The van der Waals surface area contributed by atoms with Crippen LogP contribution < -0.4 is 41.3 Å². The molecule has 0 atom stereocenters. The van der Waals surface area contributed by atoms with Gasteiger partial charge in [-0.05, 0) is 154 Å². The summed E-state index contributed by atoms with van der Waals surface area (Å²) in [4.78, 5) is 7.75. The molecule has 6 heterocycles. The highest BCUT2D eigenvalue weighted by atomic mass is 15.2.